The predicted molar refractivity (Wildman–Crippen MR) is 80.3 cm³/mol. The second-order valence-corrected chi connectivity index (χ2v) is 6.60. The Hall–Kier alpha value is -0.510. The van der Waals surface area contributed by atoms with Crippen LogP contribution in [0.3, 0.4) is 0 Å². The summed E-state index contributed by atoms with van der Waals surface area (Å²) < 4.78 is 1.78. The highest BCUT2D eigenvalue weighted by Crippen LogP contribution is 2.32. The minimum absolute atomic E-state index is 0.805. The van der Waals surface area contributed by atoms with Crippen LogP contribution < -0.4 is 5.32 Å². The molecular weight excluding hydrogens is 318 g/mol. The van der Waals surface area contributed by atoms with Crippen molar-refractivity contribution in [2.24, 2.45) is 0 Å². The van der Waals surface area contributed by atoms with E-state index in [9.17, 15) is 0 Å². The summed E-state index contributed by atoms with van der Waals surface area (Å²) in [5, 5.41) is 3.43. The Morgan fingerprint density at radius 3 is 2.65 bits per heavy atom. The third kappa shape index (κ3) is 3.24. The molecular formula is C13H13BrClNS. The standard InChI is InChI=1S/C13H13BrClNS/c1-8-3-4-12(9(2)5-8)16-7-10-6-11(14)13(15)17-10/h3-6,16H,7H2,1-2H3. The van der Waals surface area contributed by atoms with Crippen molar-refractivity contribution in [1.29, 1.82) is 0 Å². The lowest BCUT2D eigenvalue weighted by Gasteiger charge is -2.08. The van der Waals surface area contributed by atoms with E-state index < -0.39 is 0 Å². The summed E-state index contributed by atoms with van der Waals surface area (Å²) in [5.41, 5.74) is 3.73. The van der Waals surface area contributed by atoms with Gasteiger partial charge in [-0.2, -0.15) is 0 Å². The highest BCUT2D eigenvalue weighted by atomic mass is 79.9. The minimum Gasteiger partial charge on any atom is -0.380 e. The van der Waals surface area contributed by atoms with Crippen LogP contribution in [-0.4, -0.2) is 0 Å². The maximum Gasteiger partial charge on any atom is 0.107 e. The van der Waals surface area contributed by atoms with Crippen LogP contribution in [0.25, 0.3) is 0 Å². The van der Waals surface area contributed by atoms with Crippen LogP contribution in [0.15, 0.2) is 28.7 Å². The van der Waals surface area contributed by atoms with Crippen LogP contribution in [0.2, 0.25) is 4.34 Å². The van der Waals surface area contributed by atoms with Crippen LogP contribution in [0.1, 0.15) is 16.0 Å². The summed E-state index contributed by atoms with van der Waals surface area (Å²) in [5.74, 6) is 0. The predicted octanol–water partition coefficient (Wildman–Crippen LogP) is 5.39. The number of benzene rings is 1. The highest BCUT2D eigenvalue weighted by Gasteiger charge is 2.05. The van der Waals surface area contributed by atoms with Crippen LogP contribution in [-0.2, 0) is 6.54 Å². The number of thiophene rings is 1. The van der Waals surface area contributed by atoms with Gasteiger partial charge < -0.3 is 5.32 Å². The Labute approximate surface area is 119 Å². The number of nitrogens with one attached hydrogen (secondary N) is 1. The molecule has 1 heterocycles. The monoisotopic (exact) mass is 329 g/mol. The molecule has 0 amide bonds. The molecule has 0 spiro atoms. The van der Waals surface area contributed by atoms with E-state index in [1.54, 1.807) is 11.3 Å². The summed E-state index contributed by atoms with van der Waals surface area (Å²) >= 11 is 11.0. The van der Waals surface area contributed by atoms with E-state index in [0.717, 1.165) is 15.4 Å². The Bertz CT molecular complexity index is 517. The van der Waals surface area contributed by atoms with Crippen molar-refractivity contribution in [2.45, 2.75) is 20.4 Å². The van der Waals surface area contributed by atoms with Gasteiger partial charge in [-0.3, -0.25) is 0 Å². The van der Waals surface area contributed by atoms with Crippen molar-refractivity contribution in [3.05, 3.63) is 49.1 Å². The molecule has 1 aromatic heterocycles. The molecule has 1 nitrogen and oxygen atoms in total. The number of halogens is 2. The fourth-order valence-corrected chi connectivity index (χ4v) is 3.40. The first kappa shape index (κ1) is 12.9. The molecule has 2 aromatic rings. The fourth-order valence-electron chi connectivity index (χ4n) is 1.67. The topological polar surface area (TPSA) is 12.0 Å². The SMILES string of the molecule is Cc1ccc(NCc2cc(Br)c(Cl)s2)c(C)c1. The lowest BCUT2D eigenvalue weighted by Crippen LogP contribution is -1.99. The maximum absolute atomic E-state index is 6.01. The van der Waals surface area contributed by atoms with Crippen molar-refractivity contribution in [3.63, 3.8) is 0 Å². The van der Waals surface area contributed by atoms with Gasteiger partial charge in [0.25, 0.3) is 0 Å². The van der Waals surface area contributed by atoms with Crippen LogP contribution in [0.4, 0.5) is 5.69 Å². The van der Waals surface area contributed by atoms with Gasteiger partial charge in [0.05, 0.1) is 0 Å². The van der Waals surface area contributed by atoms with Gasteiger partial charge in [-0.15, -0.1) is 11.3 Å². The van der Waals surface area contributed by atoms with Crippen molar-refractivity contribution in [1.82, 2.24) is 0 Å². The van der Waals surface area contributed by atoms with Crippen LogP contribution in [0, 0.1) is 13.8 Å². The molecule has 0 saturated carbocycles. The number of hydrogen-bond acceptors (Lipinski definition) is 2. The first-order valence-corrected chi connectivity index (χ1v) is 7.30. The lowest BCUT2D eigenvalue weighted by molar-refractivity contribution is 1.17. The van der Waals surface area contributed by atoms with Gasteiger partial charge in [-0.05, 0) is 47.5 Å². The van der Waals surface area contributed by atoms with Crippen molar-refractivity contribution >= 4 is 44.6 Å². The van der Waals surface area contributed by atoms with E-state index in [-0.39, 0.29) is 0 Å². The smallest absolute Gasteiger partial charge is 0.107 e. The number of aryl methyl sites for hydroxylation is 2. The third-order valence-electron chi connectivity index (χ3n) is 2.53. The van der Waals surface area contributed by atoms with E-state index in [0.29, 0.717) is 0 Å². The zero-order chi connectivity index (χ0) is 12.4. The van der Waals surface area contributed by atoms with E-state index in [2.05, 4.69) is 59.4 Å². The first-order valence-electron chi connectivity index (χ1n) is 5.31. The van der Waals surface area contributed by atoms with E-state index in [1.807, 2.05) is 0 Å². The lowest BCUT2D eigenvalue weighted by atomic mass is 10.1. The second-order valence-electron chi connectivity index (χ2n) is 4.01. The highest BCUT2D eigenvalue weighted by molar-refractivity contribution is 9.10. The van der Waals surface area contributed by atoms with Gasteiger partial charge in [0.15, 0.2) is 0 Å². The van der Waals surface area contributed by atoms with Crippen molar-refractivity contribution in [2.75, 3.05) is 5.32 Å². The molecule has 1 aromatic carbocycles. The summed E-state index contributed by atoms with van der Waals surface area (Å²) in [6, 6.07) is 8.48. The molecule has 2 rings (SSSR count). The number of hydrogen-bond donors (Lipinski definition) is 1. The molecule has 0 aliphatic carbocycles. The Kier molecular flexibility index (Phi) is 4.13. The quantitative estimate of drug-likeness (QED) is 0.795. The van der Waals surface area contributed by atoms with Gasteiger partial charge in [0, 0.05) is 21.6 Å². The zero-order valence-corrected chi connectivity index (χ0v) is 12.8. The summed E-state index contributed by atoms with van der Waals surface area (Å²) in [6.45, 7) is 5.03. The van der Waals surface area contributed by atoms with Crippen LogP contribution in [0.5, 0.6) is 0 Å². The molecule has 0 saturated heterocycles. The fraction of sp³-hybridized carbons (Fsp3) is 0.231. The van der Waals surface area contributed by atoms with Gasteiger partial charge in [-0.25, -0.2) is 0 Å². The molecule has 17 heavy (non-hydrogen) atoms. The van der Waals surface area contributed by atoms with E-state index in [1.165, 1.54) is 21.7 Å². The molecule has 0 unspecified atom stereocenters. The van der Waals surface area contributed by atoms with Gasteiger partial charge in [0.2, 0.25) is 0 Å². The van der Waals surface area contributed by atoms with Gasteiger partial charge in [0.1, 0.15) is 4.34 Å². The average Bonchev–Trinajstić information content (AvgIpc) is 2.57. The Morgan fingerprint density at radius 1 is 1.29 bits per heavy atom. The second kappa shape index (κ2) is 5.42. The molecule has 0 bridgehead atoms. The summed E-state index contributed by atoms with van der Waals surface area (Å²) in [4.78, 5) is 1.22. The number of rotatable bonds is 3. The molecule has 0 atom stereocenters. The van der Waals surface area contributed by atoms with E-state index in [4.69, 9.17) is 11.6 Å². The molecule has 0 radical (unpaired) electrons. The van der Waals surface area contributed by atoms with E-state index >= 15 is 0 Å². The normalized spacial score (nSPS) is 10.6. The Morgan fingerprint density at radius 2 is 2.06 bits per heavy atom. The molecule has 0 fully saturated rings. The molecule has 0 aliphatic rings. The third-order valence-corrected chi connectivity index (χ3v) is 5.01. The average molecular weight is 331 g/mol. The molecule has 4 heteroatoms. The summed E-state index contributed by atoms with van der Waals surface area (Å²) in [6.07, 6.45) is 0. The van der Waals surface area contributed by atoms with Crippen LogP contribution >= 0.6 is 38.9 Å². The minimum atomic E-state index is 0.805. The first-order chi connectivity index (χ1) is 8.06. The number of anilines is 1. The largest absolute Gasteiger partial charge is 0.380 e. The zero-order valence-electron chi connectivity index (χ0n) is 9.68. The van der Waals surface area contributed by atoms with Gasteiger partial charge in [-0.1, -0.05) is 29.3 Å². The molecule has 1 N–H and O–H groups in total. The summed E-state index contributed by atoms with van der Waals surface area (Å²) in [7, 11) is 0. The van der Waals surface area contributed by atoms with Crippen molar-refractivity contribution < 1.29 is 0 Å². The Balaban J connectivity index is 2.07. The molecule has 90 valence electrons. The van der Waals surface area contributed by atoms with Crippen molar-refractivity contribution in [3.8, 4) is 0 Å². The van der Waals surface area contributed by atoms with Gasteiger partial charge >= 0.3 is 0 Å². The molecule has 0 aliphatic heterocycles. The maximum atomic E-state index is 6.01.